The van der Waals surface area contributed by atoms with Gasteiger partial charge in [0.2, 0.25) is 0 Å². The maximum Gasteiger partial charge on any atom is 0.416 e. The maximum absolute atomic E-state index is 12.9. The van der Waals surface area contributed by atoms with Crippen molar-refractivity contribution in [3.63, 3.8) is 0 Å². The molecule has 1 saturated carbocycles. The van der Waals surface area contributed by atoms with Crippen molar-refractivity contribution in [3.8, 4) is 0 Å². The zero-order valence-electron chi connectivity index (χ0n) is 16.1. The van der Waals surface area contributed by atoms with Gasteiger partial charge in [-0.15, -0.1) is 0 Å². The molecular weight excluding hydrogens is 395 g/mol. The lowest BCUT2D eigenvalue weighted by Crippen LogP contribution is -2.49. The van der Waals surface area contributed by atoms with Crippen LogP contribution in [-0.4, -0.2) is 30.9 Å². The number of alkyl halides is 3. The molecule has 0 bridgehead atoms. The van der Waals surface area contributed by atoms with Gasteiger partial charge in [-0.3, -0.25) is 0 Å². The first-order valence-electron chi connectivity index (χ1n) is 9.13. The third-order valence-corrected chi connectivity index (χ3v) is 7.59. The molecule has 0 heterocycles. The van der Waals surface area contributed by atoms with Gasteiger partial charge in [0.1, 0.15) is 0 Å². The molecule has 0 aromatic heterocycles. The molecule has 2 rings (SSSR count). The first-order valence-corrected chi connectivity index (χ1v) is 10.7. The third kappa shape index (κ3) is 5.18. The zero-order valence-corrected chi connectivity index (χ0v) is 16.9. The predicted molar refractivity (Wildman–Crippen MR) is 98.8 cm³/mol. The fourth-order valence-corrected chi connectivity index (χ4v) is 5.79. The van der Waals surface area contributed by atoms with E-state index in [0.29, 0.717) is 18.9 Å². The SMILES string of the molecule is CC(C)(C)C(NC(=O)O)C1CCC(S(=O)(=O)c2cccc(C(F)(F)F)c2)CC1. The molecule has 1 aliphatic carbocycles. The highest BCUT2D eigenvalue weighted by Gasteiger charge is 2.40. The topological polar surface area (TPSA) is 83.5 Å². The number of hydrogen-bond donors (Lipinski definition) is 2. The minimum Gasteiger partial charge on any atom is -0.465 e. The highest BCUT2D eigenvalue weighted by molar-refractivity contribution is 7.92. The summed E-state index contributed by atoms with van der Waals surface area (Å²) >= 11 is 0. The van der Waals surface area contributed by atoms with Gasteiger partial charge in [0.15, 0.2) is 9.84 Å². The molecule has 2 N–H and O–H groups in total. The molecular formula is C19H26F3NO4S. The van der Waals surface area contributed by atoms with Gasteiger partial charge in [0, 0.05) is 6.04 Å². The number of benzene rings is 1. The summed E-state index contributed by atoms with van der Waals surface area (Å²) in [5.41, 5.74) is -1.32. The molecule has 1 fully saturated rings. The molecule has 0 spiro atoms. The highest BCUT2D eigenvalue weighted by atomic mass is 32.2. The number of rotatable bonds is 4. The average Bonchev–Trinajstić information content (AvgIpc) is 2.58. The standard InChI is InChI=1S/C19H26F3NO4S/c1-18(2,3)16(23-17(24)25)12-7-9-14(10-8-12)28(26,27)15-6-4-5-13(11-15)19(20,21)22/h4-6,11-12,14,16,23H,7-10H2,1-3H3,(H,24,25). The second-order valence-electron chi connectivity index (χ2n) is 8.40. The minimum absolute atomic E-state index is 0.0240. The van der Waals surface area contributed by atoms with E-state index in [0.717, 1.165) is 12.1 Å². The molecule has 0 radical (unpaired) electrons. The summed E-state index contributed by atoms with van der Waals surface area (Å²) in [7, 11) is -3.89. The van der Waals surface area contributed by atoms with Crippen molar-refractivity contribution in [2.24, 2.45) is 11.3 Å². The summed E-state index contributed by atoms with van der Waals surface area (Å²) in [6.45, 7) is 5.75. The van der Waals surface area contributed by atoms with E-state index >= 15 is 0 Å². The highest BCUT2D eigenvalue weighted by Crippen LogP contribution is 2.39. The molecule has 158 valence electrons. The normalized spacial score (nSPS) is 22.5. The Morgan fingerprint density at radius 1 is 1.14 bits per heavy atom. The molecule has 1 aliphatic rings. The van der Waals surface area contributed by atoms with Gasteiger partial charge in [0.25, 0.3) is 0 Å². The molecule has 5 nitrogen and oxygen atoms in total. The van der Waals surface area contributed by atoms with Crippen molar-refractivity contribution >= 4 is 15.9 Å². The Morgan fingerprint density at radius 3 is 2.18 bits per heavy atom. The van der Waals surface area contributed by atoms with E-state index in [1.807, 2.05) is 20.8 Å². The Kier molecular flexibility index (Phi) is 6.37. The van der Waals surface area contributed by atoms with Crippen molar-refractivity contribution in [2.75, 3.05) is 0 Å². The van der Waals surface area contributed by atoms with Gasteiger partial charge in [-0.2, -0.15) is 13.2 Å². The summed E-state index contributed by atoms with van der Waals surface area (Å²) in [5, 5.41) is 10.9. The number of nitrogens with one attached hydrogen (secondary N) is 1. The van der Waals surface area contributed by atoms with Crippen LogP contribution in [0.2, 0.25) is 0 Å². The Bertz CT molecular complexity index is 807. The largest absolute Gasteiger partial charge is 0.465 e. The summed E-state index contributed by atoms with van der Waals surface area (Å²) < 4.78 is 64.4. The lowest BCUT2D eigenvalue weighted by Gasteiger charge is -2.40. The van der Waals surface area contributed by atoms with Crippen molar-refractivity contribution in [2.45, 2.75) is 68.8 Å². The Morgan fingerprint density at radius 2 is 1.71 bits per heavy atom. The Balaban J connectivity index is 2.17. The van der Waals surface area contributed by atoms with Crippen molar-refractivity contribution in [1.29, 1.82) is 0 Å². The molecule has 1 aromatic carbocycles. The predicted octanol–water partition coefficient (Wildman–Crippen LogP) is 4.72. The quantitative estimate of drug-likeness (QED) is 0.737. The van der Waals surface area contributed by atoms with Crippen molar-refractivity contribution in [3.05, 3.63) is 29.8 Å². The van der Waals surface area contributed by atoms with Crippen LogP contribution < -0.4 is 5.32 Å². The number of halogens is 3. The van der Waals surface area contributed by atoms with E-state index in [1.54, 1.807) is 0 Å². The summed E-state index contributed by atoms with van der Waals surface area (Å²) in [4.78, 5) is 10.8. The molecule has 0 aliphatic heterocycles. The van der Waals surface area contributed by atoms with Gasteiger partial charge >= 0.3 is 12.3 Å². The number of carbonyl (C=O) groups is 1. The van der Waals surface area contributed by atoms with Crippen LogP contribution in [0.4, 0.5) is 18.0 Å². The van der Waals surface area contributed by atoms with E-state index in [4.69, 9.17) is 5.11 Å². The first-order chi connectivity index (χ1) is 12.7. The van der Waals surface area contributed by atoms with E-state index < -0.39 is 32.9 Å². The molecule has 0 saturated heterocycles. The van der Waals surface area contributed by atoms with Crippen molar-refractivity contribution < 1.29 is 31.5 Å². The van der Waals surface area contributed by atoms with Gasteiger partial charge in [0.05, 0.1) is 15.7 Å². The maximum atomic E-state index is 12.9. The molecule has 1 amide bonds. The fraction of sp³-hybridized carbons (Fsp3) is 0.632. The summed E-state index contributed by atoms with van der Waals surface area (Å²) in [5.74, 6) is -0.0240. The second-order valence-corrected chi connectivity index (χ2v) is 10.6. The summed E-state index contributed by atoms with van der Waals surface area (Å²) in [6.07, 6.45) is -4.17. The molecule has 28 heavy (non-hydrogen) atoms. The lowest BCUT2D eigenvalue weighted by atomic mass is 9.73. The van der Waals surface area contributed by atoms with Gasteiger partial charge in [-0.1, -0.05) is 26.8 Å². The smallest absolute Gasteiger partial charge is 0.416 e. The number of hydrogen-bond acceptors (Lipinski definition) is 3. The van der Waals surface area contributed by atoms with Crippen molar-refractivity contribution in [1.82, 2.24) is 5.32 Å². The number of carboxylic acid groups (broad SMARTS) is 1. The van der Waals surface area contributed by atoms with Gasteiger partial charge in [-0.05, 0) is 55.2 Å². The van der Waals surface area contributed by atoms with Crippen LogP contribution in [0.5, 0.6) is 0 Å². The molecule has 9 heteroatoms. The second kappa shape index (κ2) is 7.93. The van der Waals surface area contributed by atoms with Crippen LogP contribution in [0, 0.1) is 11.3 Å². The average molecular weight is 421 g/mol. The molecule has 1 unspecified atom stereocenters. The fourth-order valence-electron chi connectivity index (χ4n) is 3.95. The first kappa shape index (κ1) is 22.5. The third-order valence-electron chi connectivity index (χ3n) is 5.33. The zero-order chi connectivity index (χ0) is 21.3. The summed E-state index contributed by atoms with van der Waals surface area (Å²) in [6, 6.07) is 3.50. The lowest BCUT2D eigenvalue weighted by molar-refractivity contribution is -0.137. The van der Waals surface area contributed by atoms with Crippen LogP contribution in [0.15, 0.2) is 29.2 Å². The number of amides is 1. The van der Waals surface area contributed by atoms with E-state index in [1.165, 1.54) is 6.07 Å². The Labute approximate surface area is 163 Å². The van der Waals surface area contributed by atoms with Crippen LogP contribution in [0.1, 0.15) is 52.0 Å². The van der Waals surface area contributed by atoms with E-state index in [9.17, 15) is 26.4 Å². The van der Waals surface area contributed by atoms with Crippen LogP contribution in [0.25, 0.3) is 0 Å². The number of sulfone groups is 1. The molecule has 1 aromatic rings. The Hall–Kier alpha value is -1.77. The van der Waals surface area contributed by atoms with Crippen LogP contribution >= 0.6 is 0 Å². The van der Waals surface area contributed by atoms with Crippen LogP contribution in [-0.2, 0) is 16.0 Å². The van der Waals surface area contributed by atoms with Gasteiger partial charge in [-0.25, -0.2) is 13.2 Å². The minimum atomic E-state index is -4.61. The van der Waals surface area contributed by atoms with Crippen LogP contribution in [0.3, 0.4) is 0 Å². The van der Waals surface area contributed by atoms with E-state index in [-0.39, 0.29) is 35.1 Å². The van der Waals surface area contributed by atoms with E-state index in [2.05, 4.69) is 5.32 Å². The monoisotopic (exact) mass is 421 g/mol. The molecule has 1 atom stereocenters. The van der Waals surface area contributed by atoms with Gasteiger partial charge < -0.3 is 10.4 Å².